The van der Waals surface area contributed by atoms with Gasteiger partial charge >= 0.3 is 0 Å². The largest absolute Gasteiger partial charge is 0.289 e. The van der Waals surface area contributed by atoms with Crippen LogP contribution >= 0.6 is 11.6 Å². The maximum atomic E-state index is 12.7. The first-order valence-corrected chi connectivity index (χ1v) is 6.80. The molecule has 2 aromatic carbocycles. The Bertz CT molecular complexity index is 797. The van der Waals surface area contributed by atoms with Gasteiger partial charge in [-0.1, -0.05) is 35.4 Å². The average molecular weight is 298 g/mol. The number of rotatable bonds is 3. The fourth-order valence-electron chi connectivity index (χ4n) is 2.13. The molecule has 4 nitrogen and oxygen atoms in total. The van der Waals surface area contributed by atoms with Crippen molar-refractivity contribution in [3.63, 3.8) is 0 Å². The van der Waals surface area contributed by atoms with Crippen molar-refractivity contribution < 1.29 is 4.79 Å². The molecular weight excluding hydrogens is 286 g/mol. The van der Waals surface area contributed by atoms with Crippen LogP contribution in [0.2, 0.25) is 5.02 Å². The lowest BCUT2D eigenvalue weighted by Gasteiger charge is -2.09. The monoisotopic (exact) mass is 297 g/mol. The second-order valence-corrected chi connectivity index (χ2v) is 5.12. The number of carbonyl (C=O) groups excluding carboxylic acids is 1. The van der Waals surface area contributed by atoms with Crippen molar-refractivity contribution in [2.45, 2.75) is 6.92 Å². The van der Waals surface area contributed by atoms with E-state index in [2.05, 4.69) is 10.2 Å². The van der Waals surface area contributed by atoms with E-state index < -0.39 is 0 Å². The molecule has 0 saturated carbocycles. The molecule has 104 valence electrons. The standard InChI is InChI=1S/C16H12ClN3O/c1-11-5-6-15(20-18-7-8-19-20)14(9-11)16(21)12-3-2-4-13(17)10-12/h2-10H,1H3. The number of ketones is 1. The Kier molecular flexibility index (Phi) is 3.54. The molecule has 0 atom stereocenters. The highest BCUT2D eigenvalue weighted by Crippen LogP contribution is 2.20. The van der Waals surface area contributed by atoms with Crippen LogP contribution in [0.4, 0.5) is 0 Å². The van der Waals surface area contributed by atoms with Gasteiger partial charge in [-0.25, -0.2) is 0 Å². The molecule has 3 aromatic rings. The van der Waals surface area contributed by atoms with Gasteiger partial charge in [0.1, 0.15) is 0 Å². The number of carbonyl (C=O) groups is 1. The fraction of sp³-hybridized carbons (Fsp3) is 0.0625. The van der Waals surface area contributed by atoms with Crippen LogP contribution in [0.5, 0.6) is 0 Å². The summed E-state index contributed by atoms with van der Waals surface area (Å²) in [6.45, 7) is 1.94. The van der Waals surface area contributed by atoms with Gasteiger partial charge in [0, 0.05) is 10.6 Å². The second kappa shape index (κ2) is 5.50. The van der Waals surface area contributed by atoms with Crippen molar-refractivity contribution in [3.05, 3.63) is 76.6 Å². The van der Waals surface area contributed by atoms with E-state index in [0.717, 1.165) is 5.56 Å². The van der Waals surface area contributed by atoms with E-state index in [1.54, 1.807) is 36.7 Å². The molecular formula is C16H12ClN3O. The first-order valence-electron chi connectivity index (χ1n) is 6.43. The maximum absolute atomic E-state index is 12.7. The van der Waals surface area contributed by atoms with Gasteiger partial charge in [-0.2, -0.15) is 15.0 Å². The zero-order valence-electron chi connectivity index (χ0n) is 11.3. The van der Waals surface area contributed by atoms with Crippen LogP contribution in [0.25, 0.3) is 5.69 Å². The summed E-state index contributed by atoms with van der Waals surface area (Å²) in [6, 6.07) is 12.5. The summed E-state index contributed by atoms with van der Waals surface area (Å²) < 4.78 is 0. The third-order valence-corrected chi connectivity index (χ3v) is 3.35. The van der Waals surface area contributed by atoms with Crippen molar-refractivity contribution in [2.24, 2.45) is 0 Å². The van der Waals surface area contributed by atoms with Gasteiger partial charge in [0.2, 0.25) is 0 Å². The molecule has 3 rings (SSSR count). The second-order valence-electron chi connectivity index (χ2n) is 4.68. The fourth-order valence-corrected chi connectivity index (χ4v) is 2.32. The number of halogens is 1. The molecule has 0 aliphatic carbocycles. The molecule has 5 heteroatoms. The Morgan fingerprint density at radius 1 is 1.10 bits per heavy atom. The number of hydrogen-bond acceptors (Lipinski definition) is 3. The van der Waals surface area contributed by atoms with Crippen molar-refractivity contribution in [3.8, 4) is 5.69 Å². The molecule has 21 heavy (non-hydrogen) atoms. The topological polar surface area (TPSA) is 47.8 Å². The van der Waals surface area contributed by atoms with Gasteiger partial charge in [-0.3, -0.25) is 4.79 Å². The summed E-state index contributed by atoms with van der Waals surface area (Å²) in [5, 5.41) is 8.73. The average Bonchev–Trinajstić information content (AvgIpc) is 3.00. The maximum Gasteiger partial charge on any atom is 0.195 e. The molecule has 0 aliphatic rings. The minimum atomic E-state index is -0.103. The van der Waals surface area contributed by atoms with Crippen molar-refractivity contribution in [1.82, 2.24) is 15.0 Å². The van der Waals surface area contributed by atoms with Gasteiger partial charge in [0.05, 0.1) is 23.6 Å². The van der Waals surface area contributed by atoms with Crippen LogP contribution in [0.1, 0.15) is 21.5 Å². The van der Waals surface area contributed by atoms with Gasteiger partial charge in [-0.05, 0) is 31.2 Å². The molecule has 0 bridgehead atoms. The highest BCUT2D eigenvalue weighted by molar-refractivity contribution is 6.31. The lowest BCUT2D eigenvalue weighted by molar-refractivity contribution is 0.103. The van der Waals surface area contributed by atoms with E-state index in [1.807, 2.05) is 25.1 Å². The SMILES string of the molecule is Cc1ccc(-n2nccn2)c(C(=O)c2cccc(Cl)c2)c1. The molecule has 0 radical (unpaired) electrons. The van der Waals surface area contributed by atoms with Gasteiger partial charge in [0.25, 0.3) is 0 Å². The highest BCUT2D eigenvalue weighted by atomic mass is 35.5. The summed E-state index contributed by atoms with van der Waals surface area (Å²) in [5.41, 5.74) is 2.74. The zero-order valence-corrected chi connectivity index (χ0v) is 12.1. The molecule has 0 unspecified atom stereocenters. The Morgan fingerprint density at radius 2 is 1.86 bits per heavy atom. The number of aromatic nitrogens is 3. The first kappa shape index (κ1) is 13.5. The minimum Gasteiger partial charge on any atom is -0.289 e. The van der Waals surface area contributed by atoms with Crippen molar-refractivity contribution in [2.75, 3.05) is 0 Å². The van der Waals surface area contributed by atoms with E-state index in [0.29, 0.717) is 21.8 Å². The Hall–Kier alpha value is -2.46. The molecule has 0 amide bonds. The van der Waals surface area contributed by atoms with Crippen molar-refractivity contribution in [1.29, 1.82) is 0 Å². The summed E-state index contributed by atoms with van der Waals surface area (Å²) in [6.07, 6.45) is 3.15. The van der Waals surface area contributed by atoms with Gasteiger partial charge in [0.15, 0.2) is 5.78 Å². The van der Waals surface area contributed by atoms with E-state index in [-0.39, 0.29) is 5.78 Å². The molecule has 1 aromatic heterocycles. The van der Waals surface area contributed by atoms with E-state index in [9.17, 15) is 4.79 Å². The quantitative estimate of drug-likeness (QED) is 0.696. The summed E-state index contributed by atoms with van der Waals surface area (Å²) in [5.74, 6) is -0.103. The molecule has 1 heterocycles. The summed E-state index contributed by atoms with van der Waals surface area (Å²) in [7, 11) is 0. The smallest absolute Gasteiger partial charge is 0.195 e. The number of aryl methyl sites for hydroxylation is 1. The minimum absolute atomic E-state index is 0.103. The number of hydrogen-bond donors (Lipinski definition) is 0. The number of benzene rings is 2. The lowest BCUT2D eigenvalue weighted by atomic mass is 10.00. The van der Waals surface area contributed by atoms with Gasteiger partial charge < -0.3 is 0 Å². The van der Waals surface area contributed by atoms with Gasteiger partial charge in [-0.15, -0.1) is 0 Å². The third kappa shape index (κ3) is 2.71. The van der Waals surface area contributed by atoms with E-state index in [4.69, 9.17) is 11.6 Å². The summed E-state index contributed by atoms with van der Waals surface area (Å²) in [4.78, 5) is 14.2. The Morgan fingerprint density at radius 3 is 2.57 bits per heavy atom. The third-order valence-electron chi connectivity index (χ3n) is 3.12. The summed E-state index contributed by atoms with van der Waals surface area (Å²) >= 11 is 5.96. The van der Waals surface area contributed by atoms with Crippen LogP contribution in [0, 0.1) is 6.92 Å². The Balaban J connectivity index is 2.13. The van der Waals surface area contributed by atoms with Crippen LogP contribution in [-0.2, 0) is 0 Å². The van der Waals surface area contributed by atoms with Crippen LogP contribution < -0.4 is 0 Å². The van der Waals surface area contributed by atoms with Crippen LogP contribution in [-0.4, -0.2) is 20.8 Å². The van der Waals surface area contributed by atoms with Crippen LogP contribution in [0.3, 0.4) is 0 Å². The predicted molar refractivity (Wildman–Crippen MR) is 81.0 cm³/mol. The molecule has 0 N–H and O–H groups in total. The van der Waals surface area contributed by atoms with E-state index in [1.165, 1.54) is 4.80 Å². The molecule has 0 fully saturated rings. The normalized spacial score (nSPS) is 10.6. The zero-order chi connectivity index (χ0) is 14.8. The number of nitrogens with zero attached hydrogens (tertiary/aromatic N) is 3. The van der Waals surface area contributed by atoms with E-state index >= 15 is 0 Å². The first-order chi connectivity index (χ1) is 10.1. The molecule has 0 saturated heterocycles. The predicted octanol–water partition coefficient (Wildman–Crippen LogP) is 3.46. The Labute approximate surface area is 127 Å². The van der Waals surface area contributed by atoms with Crippen molar-refractivity contribution >= 4 is 17.4 Å². The molecule has 0 aliphatic heterocycles. The lowest BCUT2D eigenvalue weighted by Crippen LogP contribution is -2.10. The van der Waals surface area contributed by atoms with Crippen LogP contribution in [0.15, 0.2) is 54.9 Å². The molecule has 0 spiro atoms. The highest BCUT2D eigenvalue weighted by Gasteiger charge is 2.16.